The van der Waals surface area contributed by atoms with Crippen molar-refractivity contribution >= 4 is 5.91 Å². The molecule has 0 saturated carbocycles. The van der Waals surface area contributed by atoms with Crippen LogP contribution in [0.5, 0.6) is 0 Å². The van der Waals surface area contributed by atoms with Crippen molar-refractivity contribution in [3.8, 4) is 11.4 Å². The number of carbonyl (C=O) groups excluding carboxylic acids is 1. The Kier molecular flexibility index (Phi) is 5.11. The second-order valence-electron chi connectivity index (χ2n) is 6.47. The topological polar surface area (TPSA) is 89.9 Å². The summed E-state index contributed by atoms with van der Waals surface area (Å²) in [6, 6.07) is 3.25. The number of hydrogen-bond acceptors (Lipinski definition) is 6. The Morgan fingerprint density at radius 3 is 2.65 bits per heavy atom. The first-order valence-corrected chi connectivity index (χ1v) is 8.48. The third kappa shape index (κ3) is 3.63. The van der Waals surface area contributed by atoms with Gasteiger partial charge in [0.2, 0.25) is 17.6 Å². The third-order valence-corrected chi connectivity index (χ3v) is 4.14. The van der Waals surface area contributed by atoms with Crippen LogP contribution in [-0.4, -0.2) is 42.5 Å². The molecule has 0 N–H and O–H groups in total. The molecule has 3 aromatic heterocycles. The Hall–Kier alpha value is -3.03. The van der Waals surface area contributed by atoms with Crippen molar-refractivity contribution in [3.05, 3.63) is 48.6 Å². The number of imidazole rings is 1. The highest BCUT2D eigenvalue weighted by molar-refractivity contribution is 5.79. The molecule has 0 aliphatic carbocycles. The Morgan fingerprint density at radius 2 is 1.96 bits per heavy atom. The molecular formula is C18H22N6O2. The number of aromatic nitrogens is 5. The minimum atomic E-state index is -0.359. The first kappa shape index (κ1) is 17.8. The molecular weight excluding hydrogens is 332 g/mol. The van der Waals surface area contributed by atoms with E-state index >= 15 is 0 Å². The molecule has 1 amide bonds. The molecule has 8 heteroatoms. The highest BCUT2D eigenvalue weighted by Crippen LogP contribution is 2.20. The molecule has 0 aliphatic rings. The smallest absolute Gasteiger partial charge is 0.246 e. The summed E-state index contributed by atoms with van der Waals surface area (Å²) in [4.78, 5) is 27.0. The monoisotopic (exact) mass is 354 g/mol. The summed E-state index contributed by atoms with van der Waals surface area (Å²) in [5.41, 5.74) is 0.817. The van der Waals surface area contributed by atoms with Gasteiger partial charge in [0.15, 0.2) is 0 Å². The van der Waals surface area contributed by atoms with Crippen molar-refractivity contribution in [2.24, 2.45) is 0 Å². The molecule has 0 aliphatic heterocycles. The molecule has 1 atom stereocenters. The van der Waals surface area contributed by atoms with E-state index < -0.39 is 0 Å². The van der Waals surface area contributed by atoms with Crippen molar-refractivity contribution in [3.63, 3.8) is 0 Å². The van der Waals surface area contributed by atoms with Crippen LogP contribution >= 0.6 is 0 Å². The number of hydrogen-bond donors (Lipinski definition) is 0. The lowest BCUT2D eigenvalue weighted by molar-refractivity contribution is -0.133. The van der Waals surface area contributed by atoms with Crippen LogP contribution in [0.3, 0.4) is 0 Å². The standard InChI is InChI=1S/C18H22N6O2/c1-12(2)17-20-9-10-24(17)13(3)18(25)23(4)11-15-21-16(22-26-15)14-5-7-19-8-6-14/h5-10,12-13H,11H2,1-4H3/t13-/m1/s1. The highest BCUT2D eigenvalue weighted by atomic mass is 16.5. The van der Waals surface area contributed by atoms with E-state index in [9.17, 15) is 4.79 Å². The lowest BCUT2D eigenvalue weighted by atomic mass is 10.2. The number of likely N-dealkylation sites (N-methyl/N-ethyl adjacent to an activating group) is 1. The Labute approximate surface area is 151 Å². The maximum atomic E-state index is 12.8. The molecule has 3 rings (SSSR count). The van der Waals surface area contributed by atoms with Gasteiger partial charge in [-0.3, -0.25) is 9.78 Å². The number of pyridine rings is 1. The molecule has 0 saturated heterocycles. The van der Waals surface area contributed by atoms with Gasteiger partial charge in [0.05, 0.1) is 6.54 Å². The van der Waals surface area contributed by atoms with Gasteiger partial charge in [0.25, 0.3) is 0 Å². The van der Waals surface area contributed by atoms with Crippen LogP contribution in [0, 0.1) is 0 Å². The Balaban J connectivity index is 1.70. The molecule has 0 spiro atoms. The molecule has 8 nitrogen and oxygen atoms in total. The van der Waals surface area contributed by atoms with Crippen molar-refractivity contribution in [2.75, 3.05) is 7.05 Å². The SMILES string of the molecule is CC(C)c1nccn1[C@H](C)C(=O)N(C)Cc1nc(-c2ccncc2)no1. The van der Waals surface area contributed by atoms with Crippen molar-refractivity contribution in [1.29, 1.82) is 0 Å². The minimum absolute atomic E-state index is 0.0476. The molecule has 3 aromatic rings. The van der Waals surface area contributed by atoms with E-state index in [2.05, 4.69) is 34.0 Å². The van der Waals surface area contributed by atoms with Gasteiger partial charge in [-0.15, -0.1) is 0 Å². The van der Waals surface area contributed by atoms with Crippen LogP contribution in [0.15, 0.2) is 41.4 Å². The number of rotatable bonds is 6. The van der Waals surface area contributed by atoms with Crippen molar-refractivity contribution in [2.45, 2.75) is 39.3 Å². The molecule has 0 unspecified atom stereocenters. The zero-order chi connectivity index (χ0) is 18.7. The summed E-state index contributed by atoms with van der Waals surface area (Å²) in [5.74, 6) is 1.94. The average molecular weight is 354 g/mol. The Bertz CT molecular complexity index is 871. The average Bonchev–Trinajstić information content (AvgIpc) is 3.30. The first-order valence-electron chi connectivity index (χ1n) is 8.48. The number of carbonyl (C=O) groups is 1. The van der Waals surface area contributed by atoms with Gasteiger partial charge in [-0.2, -0.15) is 4.98 Å². The fourth-order valence-corrected chi connectivity index (χ4v) is 2.76. The highest BCUT2D eigenvalue weighted by Gasteiger charge is 2.23. The van der Waals surface area contributed by atoms with Crippen LogP contribution in [0.1, 0.15) is 44.4 Å². The molecule has 0 bridgehead atoms. The largest absolute Gasteiger partial charge is 0.337 e. The van der Waals surface area contributed by atoms with Gasteiger partial charge in [-0.05, 0) is 19.1 Å². The predicted molar refractivity (Wildman–Crippen MR) is 95.0 cm³/mol. The summed E-state index contributed by atoms with van der Waals surface area (Å²) in [6.07, 6.45) is 6.89. The lowest BCUT2D eigenvalue weighted by Crippen LogP contribution is -2.33. The van der Waals surface area contributed by atoms with Crippen LogP contribution in [0.25, 0.3) is 11.4 Å². The maximum absolute atomic E-state index is 12.8. The van der Waals surface area contributed by atoms with Gasteiger partial charge in [0.1, 0.15) is 11.9 Å². The first-order chi connectivity index (χ1) is 12.5. The fourth-order valence-electron chi connectivity index (χ4n) is 2.76. The van der Waals surface area contributed by atoms with Gasteiger partial charge < -0.3 is 14.0 Å². The quantitative estimate of drug-likeness (QED) is 0.676. The van der Waals surface area contributed by atoms with E-state index in [4.69, 9.17) is 4.52 Å². The van der Waals surface area contributed by atoms with E-state index in [0.717, 1.165) is 11.4 Å². The van der Waals surface area contributed by atoms with Gasteiger partial charge in [-0.1, -0.05) is 19.0 Å². The summed E-state index contributed by atoms with van der Waals surface area (Å²) in [6.45, 7) is 6.22. The lowest BCUT2D eigenvalue weighted by Gasteiger charge is -2.22. The van der Waals surface area contributed by atoms with Crippen LogP contribution < -0.4 is 0 Å². The summed E-state index contributed by atoms with van der Waals surface area (Å²) in [7, 11) is 1.72. The van der Waals surface area contributed by atoms with Crippen LogP contribution in [0.2, 0.25) is 0 Å². The number of amides is 1. The van der Waals surface area contributed by atoms with E-state index in [0.29, 0.717) is 11.7 Å². The second kappa shape index (κ2) is 7.47. The molecule has 0 fully saturated rings. The molecule has 3 heterocycles. The molecule has 0 radical (unpaired) electrons. The predicted octanol–water partition coefficient (Wildman–Crippen LogP) is 2.67. The van der Waals surface area contributed by atoms with E-state index in [1.54, 1.807) is 42.7 Å². The minimum Gasteiger partial charge on any atom is -0.337 e. The molecule has 26 heavy (non-hydrogen) atoms. The number of nitrogens with zero attached hydrogens (tertiary/aromatic N) is 6. The van der Waals surface area contributed by atoms with Gasteiger partial charge >= 0.3 is 0 Å². The molecule has 136 valence electrons. The Morgan fingerprint density at radius 1 is 1.23 bits per heavy atom. The summed E-state index contributed by atoms with van der Waals surface area (Å²) in [5, 5.41) is 3.96. The summed E-state index contributed by atoms with van der Waals surface area (Å²) >= 11 is 0. The molecule has 0 aromatic carbocycles. The fraction of sp³-hybridized carbons (Fsp3) is 0.389. The zero-order valence-corrected chi connectivity index (χ0v) is 15.3. The van der Waals surface area contributed by atoms with Crippen molar-refractivity contribution < 1.29 is 9.32 Å². The maximum Gasteiger partial charge on any atom is 0.246 e. The van der Waals surface area contributed by atoms with E-state index in [-0.39, 0.29) is 24.4 Å². The van der Waals surface area contributed by atoms with Crippen LogP contribution in [0.4, 0.5) is 0 Å². The van der Waals surface area contributed by atoms with Gasteiger partial charge in [0, 0.05) is 43.3 Å². The zero-order valence-electron chi connectivity index (χ0n) is 15.3. The van der Waals surface area contributed by atoms with Gasteiger partial charge in [-0.25, -0.2) is 4.98 Å². The van der Waals surface area contributed by atoms with E-state index in [1.165, 1.54) is 0 Å². The van der Waals surface area contributed by atoms with E-state index in [1.807, 2.05) is 17.7 Å². The van der Waals surface area contributed by atoms with Crippen molar-refractivity contribution in [1.82, 2.24) is 29.6 Å². The third-order valence-electron chi connectivity index (χ3n) is 4.14. The normalized spacial score (nSPS) is 12.3. The second-order valence-corrected chi connectivity index (χ2v) is 6.47. The summed E-state index contributed by atoms with van der Waals surface area (Å²) < 4.78 is 7.18. The van der Waals surface area contributed by atoms with Crippen LogP contribution in [-0.2, 0) is 11.3 Å².